The summed E-state index contributed by atoms with van der Waals surface area (Å²) in [5.41, 5.74) is 5.77. The van der Waals surface area contributed by atoms with E-state index < -0.39 is 6.04 Å². The number of amides is 1. The zero-order valence-corrected chi connectivity index (χ0v) is 11.1. The van der Waals surface area contributed by atoms with Crippen LogP contribution in [0.4, 0.5) is 0 Å². The monoisotopic (exact) mass is 260 g/mol. The first-order chi connectivity index (χ1) is 8.75. The van der Waals surface area contributed by atoms with Crippen molar-refractivity contribution >= 4 is 5.91 Å². The molecule has 0 spiro atoms. The SMILES string of the molecule is CC[C@@H](N)C(=O)N1CCOCCOCCOCC1. The highest BCUT2D eigenvalue weighted by atomic mass is 16.5. The van der Waals surface area contributed by atoms with Gasteiger partial charge in [-0.05, 0) is 6.42 Å². The summed E-state index contributed by atoms with van der Waals surface area (Å²) in [6, 6.07) is -0.429. The van der Waals surface area contributed by atoms with Crippen LogP contribution in [0.3, 0.4) is 0 Å². The summed E-state index contributed by atoms with van der Waals surface area (Å²) in [4.78, 5) is 13.7. The largest absolute Gasteiger partial charge is 0.377 e. The molecular formula is C12H24N2O4. The van der Waals surface area contributed by atoms with Crippen LogP contribution in [0.2, 0.25) is 0 Å². The lowest BCUT2D eigenvalue weighted by atomic mass is 10.2. The predicted molar refractivity (Wildman–Crippen MR) is 67.3 cm³/mol. The van der Waals surface area contributed by atoms with E-state index in [1.54, 1.807) is 4.90 Å². The van der Waals surface area contributed by atoms with Crippen molar-refractivity contribution in [1.82, 2.24) is 4.90 Å². The molecule has 1 heterocycles. The lowest BCUT2D eigenvalue weighted by molar-refractivity contribution is -0.134. The number of carbonyl (C=O) groups is 1. The molecule has 2 N–H and O–H groups in total. The van der Waals surface area contributed by atoms with Gasteiger partial charge in [-0.1, -0.05) is 6.92 Å². The molecule has 6 nitrogen and oxygen atoms in total. The first-order valence-corrected chi connectivity index (χ1v) is 6.53. The molecule has 1 rings (SSSR count). The minimum atomic E-state index is -0.429. The molecule has 1 amide bonds. The van der Waals surface area contributed by atoms with Crippen molar-refractivity contribution in [2.75, 3.05) is 52.7 Å². The van der Waals surface area contributed by atoms with Crippen LogP contribution in [-0.4, -0.2) is 69.6 Å². The third-order valence-corrected chi connectivity index (χ3v) is 2.82. The predicted octanol–water partition coefficient (Wildman–Crippen LogP) is -0.384. The van der Waals surface area contributed by atoms with E-state index in [0.717, 1.165) is 0 Å². The lowest BCUT2D eigenvalue weighted by Crippen LogP contribution is -2.46. The molecule has 1 saturated heterocycles. The average molecular weight is 260 g/mol. The van der Waals surface area contributed by atoms with Crippen molar-refractivity contribution in [2.45, 2.75) is 19.4 Å². The molecule has 0 radical (unpaired) electrons. The molecule has 0 unspecified atom stereocenters. The van der Waals surface area contributed by atoms with Gasteiger partial charge in [0.05, 0.1) is 45.7 Å². The number of hydrogen-bond donors (Lipinski definition) is 1. The van der Waals surface area contributed by atoms with Crippen molar-refractivity contribution in [3.05, 3.63) is 0 Å². The Kier molecular flexibility index (Phi) is 7.91. The Morgan fingerprint density at radius 3 is 1.94 bits per heavy atom. The second-order valence-electron chi connectivity index (χ2n) is 4.18. The van der Waals surface area contributed by atoms with E-state index in [1.807, 2.05) is 6.92 Å². The van der Waals surface area contributed by atoms with Gasteiger partial charge in [0, 0.05) is 13.1 Å². The Labute approximate surface area is 108 Å². The van der Waals surface area contributed by atoms with Crippen molar-refractivity contribution in [3.8, 4) is 0 Å². The summed E-state index contributed by atoms with van der Waals surface area (Å²) in [5, 5.41) is 0. The summed E-state index contributed by atoms with van der Waals surface area (Å²) in [6.45, 7) is 6.23. The number of nitrogens with two attached hydrogens (primary N) is 1. The summed E-state index contributed by atoms with van der Waals surface area (Å²) in [6.07, 6.45) is 0.644. The molecule has 0 bridgehead atoms. The van der Waals surface area contributed by atoms with Gasteiger partial charge < -0.3 is 24.8 Å². The normalized spacial score (nSPS) is 21.8. The van der Waals surface area contributed by atoms with E-state index in [4.69, 9.17) is 19.9 Å². The second-order valence-corrected chi connectivity index (χ2v) is 4.18. The standard InChI is InChI=1S/C12H24N2O4/c1-2-11(13)12(15)14-3-5-16-7-9-18-10-8-17-6-4-14/h11H,2-10,13H2,1H3/t11-/m1/s1. The molecule has 1 fully saturated rings. The van der Waals surface area contributed by atoms with Gasteiger partial charge in [-0.25, -0.2) is 0 Å². The lowest BCUT2D eigenvalue weighted by Gasteiger charge is -2.25. The van der Waals surface area contributed by atoms with Gasteiger partial charge >= 0.3 is 0 Å². The Balaban J connectivity index is 2.43. The fourth-order valence-electron chi connectivity index (χ4n) is 1.63. The molecule has 1 atom stereocenters. The average Bonchev–Trinajstić information content (AvgIpc) is 2.37. The maximum absolute atomic E-state index is 12.0. The van der Waals surface area contributed by atoms with Crippen LogP contribution in [0, 0.1) is 0 Å². The maximum Gasteiger partial charge on any atom is 0.239 e. The Hall–Kier alpha value is -0.690. The minimum absolute atomic E-state index is 0.0296. The summed E-state index contributed by atoms with van der Waals surface area (Å²) in [7, 11) is 0. The molecule has 0 saturated carbocycles. The van der Waals surface area contributed by atoms with E-state index in [-0.39, 0.29) is 5.91 Å². The highest BCUT2D eigenvalue weighted by Gasteiger charge is 2.19. The zero-order valence-electron chi connectivity index (χ0n) is 11.1. The van der Waals surface area contributed by atoms with Gasteiger partial charge in [-0.3, -0.25) is 4.79 Å². The van der Waals surface area contributed by atoms with Crippen molar-refractivity contribution in [3.63, 3.8) is 0 Å². The fourth-order valence-corrected chi connectivity index (χ4v) is 1.63. The Morgan fingerprint density at radius 2 is 1.50 bits per heavy atom. The quantitative estimate of drug-likeness (QED) is 0.732. The van der Waals surface area contributed by atoms with Gasteiger partial charge in [0.2, 0.25) is 5.91 Å². The van der Waals surface area contributed by atoms with Crippen LogP contribution in [0.15, 0.2) is 0 Å². The highest BCUT2D eigenvalue weighted by molar-refractivity contribution is 5.81. The van der Waals surface area contributed by atoms with E-state index >= 15 is 0 Å². The van der Waals surface area contributed by atoms with Crippen LogP contribution < -0.4 is 5.73 Å². The van der Waals surface area contributed by atoms with Crippen LogP contribution in [0.1, 0.15) is 13.3 Å². The van der Waals surface area contributed by atoms with Gasteiger partial charge in [-0.15, -0.1) is 0 Å². The molecule has 0 aromatic heterocycles. The van der Waals surface area contributed by atoms with E-state index in [1.165, 1.54) is 0 Å². The number of carbonyl (C=O) groups excluding carboxylic acids is 1. The molecule has 0 aromatic rings. The highest BCUT2D eigenvalue weighted by Crippen LogP contribution is 1.98. The second kappa shape index (κ2) is 9.27. The molecular weight excluding hydrogens is 236 g/mol. The number of nitrogens with zero attached hydrogens (tertiary/aromatic N) is 1. The fraction of sp³-hybridized carbons (Fsp3) is 0.917. The number of ether oxygens (including phenoxy) is 3. The maximum atomic E-state index is 12.0. The van der Waals surface area contributed by atoms with E-state index in [0.29, 0.717) is 59.2 Å². The summed E-state index contributed by atoms with van der Waals surface area (Å²) < 4.78 is 16.1. The van der Waals surface area contributed by atoms with Crippen LogP contribution in [0.25, 0.3) is 0 Å². The number of rotatable bonds is 2. The van der Waals surface area contributed by atoms with Crippen molar-refractivity contribution in [2.24, 2.45) is 5.73 Å². The van der Waals surface area contributed by atoms with Gasteiger partial charge in [0.25, 0.3) is 0 Å². The summed E-state index contributed by atoms with van der Waals surface area (Å²) >= 11 is 0. The number of hydrogen-bond acceptors (Lipinski definition) is 5. The van der Waals surface area contributed by atoms with Crippen molar-refractivity contribution < 1.29 is 19.0 Å². The molecule has 1 aliphatic heterocycles. The molecule has 106 valence electrons. The Bertz CT molecular complexity index is 226. The molecule has 0 aromatic carbocycles. The van der Waals surface area contributed by atoms with Gasteiger partial charge in [0.1, 0.15) is 0 Å². The van der Waals surface area contributed by atoms with E-state index in [9.17, 15) is 4.79 Å². The molecule has 1 aliphatic rings. The van der Waals surface area contributed by atoms with Crippen LogP contribution >= 0.6 is 0 Å². The van der Waals surface area contributed by atoms with Crippen LogP contribution in [0.5, 0.6) is 0 Å². The first-order valence-electron chi connectivity index (χ1n) is 6.53. The van der Waals surface area contributed by atoms with Crippen molar-refractivity contribution in [1.29, 1.82) is 0 Å². The minimum Gasteiger partial charge on any atom is -0.377 e. The van der Waals surface area contributed by atoms with E-state index in [2.05, 4.69) is 0 Å². The molecule has 18 heavy (non-hydrogen) atoms. The third-order valence-electron chi connectivity index (χ3n) is 2.82. The Morgan fingerprint density at radius 1 is 1.06 bits per heavy atom. The first kappa shape index (κ1) is 15.4. The third kappa shape index (κ3) is 5.77. The molecule has 0 aliphatic carbocycles. The van der Waals surface area contributed by atoms with Crippen LogP contribution in [-0.2, 0) is 19.0 Å². The smallest absolute Gasteiger partial charge is 0.239 e. The van der Waals surface area contributed by atoms with Gasteiger partial charge in [-0.2, -0.15) is 0 Å². The summed E-state index contributed by atoms with van der Waals surface area (Å²) in [5.74, 6) is -0.0296. The topological polar surface area (TPSA) is 74.0 Å². The van der Waals surface area contributed by atoms with Gasteiger partial charge in [0.15, 0.2) is 0 Å². The molecule has 6 heteroatoms. The zero-order chi connectivity index (χ0) is 13.2.